The normalized spacial score (nSPS) is 12.0. The first-order valence-electron chi connectivity index (χ1n) is 8.45. The molecule has 1 aromatic heterocycles. The van der Waals surface area contributed by atoms with Crippen molar-refractivity contribution in [3.63, 3.8) is 0 Å². The largest absolute Gasteiger partial charge is 0.326 e. The minimum Gasteiger partial charge on any atom is -0.326 e. The van der Waals surface area contributed by atoms with Crippen LogP contribution in [0.2, 0.25) is 0 Å². The summed E-state index contributed by atoms with van der Waals surface area (Å²) < 4.78 is 1.75. The number of carbonyl (C=O) groups is 1. The highest BCUT2D eigenvalue weighted by Gasteiger charge is 2.20. The van der Waals surface area contributed by atoms with Gasteiger partial charge in [-0.1, -0.05) is 65.4 Å². The number of carbonyl (C=O) groups excluding carboxylic acids is 1. The molecule has 1 atom stereocenters. The van der Waals surface area contributed by atoms with Gasteiger partial charge in [-0.3, -0.25) is 4.79 Å². The van der Waals surface area contributed by atoms with Crippen LogP contribution in [-0.2, 0) is 0 Å². The van der Waals surface area contributed by atoms with Crippen molar-refractivity contribution in [2.45, 2.75) is 13.1 Å². The molecule has 0 saturated heterocycles. The number of aromatic nitrogens is 3. The number of aryl methyl sites for hydroxylation is 1. The molecule has 3 aromatic carbocycles. The van der Waals surface area contributed by atoms with E-state index in [2.05, 4.69) is 15.6 Å². The van der Waals surface area contributed by atoms with Gasteiger partial charge in [-0.05, 0) is 36.8 Å². The number of rotatable bonds is 4. The van der Waals surface area contributed by atoms with Crippen molar-refractivity contribution in [3.05, 3.63) is 95.6 Å². The summed E-state index contributed by atoms with van der Waals surface area (Å²) in [6.45, 7) is 2.00. The van der Waals surface area contributed by atoms with Crippen molar-refractivity contribution in [1.29, 1.82) is 0 Å². The highest BCUT2D eigenvalue weighted by molar-refractivity contribution is 5.94. The maximum Gasteiger partial charge on any atom is 0.253 e. The van der Waals surface area contributed by atoms with E-state index in [9.17, 15) is 4.79 Å². The number of hydrogen-bond donors (Lipinski definition) is 1. The van der Waals surface area contributed by atoms with E-state index in [1.807, 2.05) is 85.8 Å². The van der Waals surface area contributed by atoms with E-state index in [1.54, 1.807) is 4.68 Å². The maximum atomic E-state index is 12.8. The summed E-state index contributed by atoms with van der Waals surface area (Å²) in [6, 6.07) is 25.0. The summed E-state index contributed by atoms with van der Waals surface area (Å²) in [4.78, 5) is 12.8. The molecule has 128 valence electrons. The SMILES string of the molecule is Cc1ccc(C(=O)N[C@@H](c2ccccc2)n2nnc3ccccc32)cc1. The Morgan fingerprint density at radius 3 is 2.38 bits per heavy atom. The third kappa shape index (κ3) is 3.07. The van der Waals surface area contributed by atoms with Crippen molar-refractivity contribution in [2.75, 3.05) is 0 Å². The second-order valence-corrected chi connectivity index (χ2v) is 6.18. The first kappa shape index (κ1) is 16.0. The summed E-state index contributed by atoms with van der Waals surface area (Å²) in [5, 5.41) is 11.6. The molecule has 4 rings (SSSR count). The highest BCUT2D eigenvalue weighted by Crippen LogP contribution is 2.20. The summed E-state index contributed by atoms with van der Waals surface area (Å²) in [6.07, 6.45) is -0.447. The van der Waals surface area contributed by atoms with Gasteiger partial charge in [0.2, 0.25) is 0 Å². The second-order valence-electron chi connectivity index (χ2n) is 6.18. The van der Waals surface area contributed by atoms with Crippen LogP contribution in [0.15, 0.2) is 78.9 Å². The van der Waals surface area contributed by atoms with Crippen LogP contribution < -0.4 is 5.32 Å². The van der Waals surface area contributed by atoms with Crippen LogP contribution >= 0.6 is 0 Å². The van der Waals surface area contributed by atoms with E-state index in [0.717, 1.165) is 22.2 Å². The predicted molar refractivity (Wildman–Crippen MR) is 101 cm³/mol. The van der Waals surface area contributed by atoms with E-state index < -0.39 is 6.17 Å². The fraction of sp³-hybridized carbons (Fsp3) is 0.0952. The van der Waals surface area contributed by atoms with Gasteiger partial charge in [-0.25, -0.2) is 4.68 Å². The average molecular weight is 342 g/mol. The van der Waals surface area contributed by atoms with Crippen LogP contribution in [0.4, 0.5) is 0 Å². The number of benzene rings is 3. The van der Waals surface area contributed by atoms with Crippen molar-refractivity contribution in [3.8, 4) is 0 Å². The zero-order valence-electron chi connectivity index (χ0n) is 14.3. The molecule has 0 aliphatic rings. The third-order valence-corrected chi connectivity index (χ3v) is 4.32. The van der Waals surface area contributed by atoms with E-state index >= 15 is 0 Å². The van der Waals surface area contributed by atoms with Gasteiger partial charge in [0.1, 0.15) is 5.52 Å². The molecule has 0 spiro atoms. The molecule has 0 aliphatic heterocycles. The average Bonchev–Trinajstić information content (AvgIpc) is 3.11. The molecule has 1 N–H and O–H groups in total. The van der Waals surface area contributed by atoms with Crippen molar-refractivity contribution in [1.82, 2.24) is 20.3 Å². The van der Waals surface area contributed by atoms with Crippen molar-refractivity contribution in [2.24, 2.45) is 0 Å². The second kappa shape index (κ2) is 6.80. The topological polar surface area (TPSA) is 59.8 Å². The van der Waals surface area contributed by atoms with E-state index in [0.29, 0.717) is 5.56 Å². The smallest absolute Gasteiger partial charge is 0.253 e. The third-order valence-electron chi connectivity index (χ3n) is 4.32. The molecule has 0 saturated carbocycles. The van der Waals surface area contributed by atoms with Crippen LogP contribution in [0.5, 0.6) is 0 Å². The lowest BCUT2D eigenvalue weighted by Gasteiger charge is -2.20. The van der Waals surface area contributed by atoms with Crippen LogP contribution in [0, 0.1) is 6.92 Å². The van der Waals surface area contributed by atoms with Crippen LogP contribution in [0.1, 0.15) is 27.7 Å². The molecular weight excluding hydrogens is 324 g/mol. The van der Waals surface area contributed by atoms with Gasteiger partial charge < -0.3 is 5.32 Å². The summed E-state index contributed by atoms with van der Waals surface area (Å²) >= 11 is 0. The molecule has 5 heteroatoms. The quantitative estimate of drug-likeness (QED) is 0.615. The molecule has 0 radical (unpaired) electrons. The number of para-hydroxylation sites is 1. The Morgan fingerprint density at radius 2 is 1.62 bits per heavy atom. The Bertz CT molecular complexity index is 1040. The molecule has 5 nitrogen and oxygen atoms in total. The zero-order valence-corrected chi connectivity index (χ0v) is 14.3. The number of nitrogens with zero attached hydrogens (tertiary/aromatic N) is 3. The summed E-state index contributed by atoms with van der Waals surface area (Å²) in [5.41, 5.74) is 4.32. The monoisotopic (exact) mass is 342 g/mol. The van der Waals surface area contributed by atoms with Crippen molar-refractivity contribution < 1.29 is 4.79 Å². The standard InChI is InChI=1S/C21H18N4O/c1-15-11-13-17(14-12-15)21(26)22-20(16-7-3-2-4-8-16)25-19-10-6-5-9-18(19)23-24-25/h2-14,20H,1H3,(H,22,26)/t20-/m1/s1. The molecule has 26 heavy (non-hydrogen) atoms. The fourth-order valence-electron chi connectivity index (χ4n) is 2.91. The van der Waals surface area contributed by atoms with Crippen molar-refractivity contribution >= 4 is 16.9 Å². The molecule has 1 heterocycles. The van der Waals surface area contributed by atoms with Crippen LogP contribution in [0.3, 0.4) is 0 Å². The lowest BCUT2D eigenvalue weighted by atomic mass is 10.1. The maximum absolute atomic E-state index is 12.8. The van der Waals surface area contributed by atoms with Gasteiger partial charge in [0.05, 0.1) is 5.52 Å². The molecule has 0 unspecified atom stereocenters. The fourth-order valence-corrected chi connectivity index (χ4v) is 2.91. The summed E-state index contributed by atoms with van der Waals surface area (Å²) in [5.74, 6) is -0.154. The van der Waals surface area contributed by atoms with Gasteiger partial charge in [0.25, 0.3) is 5.91 Å². The lowest BCUT2D eigenvalue weighted by Crippen LogP contribution is -2.33. The Kier molecular flexibility index (Phi) is 4.19. The molecular formula is C21H18N4O. The Labute approximate surface area is 151 Å². The molecule has 0 aliphatic carbocycles. The first-order valence-corrected chi connectivity index (χ1v) is 8.45. The Morgan fingerprint density at radius 1 is 0.923 bits per heavy atom. The van der Waals surface area contributed by atoms with E-state index in [1.165, 1.54) is 0 Å². The van der Waals surface area contributed by atoms with Crippen LogP contribution in [-0.4, -0.2) is 20.9 Å². The minimum absolute atomic E-state index is 0.154. The van der Waals surface area contributed by atoms with E-state index in [4.69, 9.17) is 0 Å². The Hall–Kier alpha value is -3.47. The molecule has 0 bridgehead atoms. The highest BCUT2D eigenvalue weighted by atomic mass is 16.1. The number of nitrogens with one attached hydrogen (secondary N) is 1. The van der Waals surface area contributed by atoms with Gasteiger partial charge in [0, 0.05) is 5.56 Å². The molecule has 1 amide bonds. The number of fused-ring (bicyclic) bond motifs is 1. The zero-order chi connectivity index (χ0) is 17.9. The number of hydrogen-bond acceptors (Lipinski definition) is 3. The van der Waals surface area contributed by atoms with Gasteiger partial charge in [-0.15, -0.1) is 5.10 Å². The van der Waals surface area contributed by atoms with Gasteiger partial charge in [-0.2, -0.15) is 0 Å². The molecule has 0 fully saturated rings. The Balaban J connectivity index is 1.74. The van der Waals surface area contributed by atoms with Gasteiger partial charge in [0.15, 0.2) is 6.17 Å². The first-order chi connectivity index (χ1) is 12.7. The number of amides is 1. The minimum atomic E-state index is -0.447. The summed E-state index contributed by atoms with van der Waals surface area (Å²) in [7, 11) is 0. The van der Waals surface area contributed by atoms with E-state index in [-0.39, 0.29) is 5.91 Å². The lowest BCUT2D eigenvalue weighted by molar-refractivity contribution is 0.0927. The van der Waals surface area contributed by atoms with Gasteiger partial charge >= 0.3 is 0 Å². The molecule has 4 aromatic rings. The predicted octanol–water partition coefficient (Wildman–Crippen LogP) is 3.72. The van der Waals surface area contributed by atoms with Crippen LogP contribution in [0.25, 0.3) is 11.0 Å².